The molecule has 1 N–H and O–H groups in total. The molecule has 0 fully saturated rings. The van der Waals surface area contributed by atoms with Gasteiger partial charge >= 0.3 is 11.9 Å². The average Bonchev–Trinajstić information content (AvgIpc) is 3.17. The van der Waals surface area contributed by atoms with E-state index in [4.69, 9.17) is 9.47 Å². The van der Waals surface area contributed by atoms with Crippen LogP contribution in [0.4, 0.5) is 5.00 Å². The number of para-hydroxylation sites is 1. The van der Waals surface area contributed by atoms with Gasteiger partial charge < -0.3 is 14.8 Å². The third-order valence-electron chi connectivity index (χ3n) is 5.56. The van der Waals surface area contributed by atoms with Crippen molar-refractivity contribution in [3.05, 3.63) is 64.2 Å². The minimum Gasteiger partial charge on any atom is -0.465 e. The molecule has 1 amide bonds. The maximum Gasteiger partial charge on any atom is 0.341 e. The van der Waals surface area contributed by atoms with Crippen molar-refractivity contribution >= 4 is 51.2 Å². The van der Waals surface area contributed by atoms with Crippen molar-refractivity contribution in [2.24, 2.45) is 5.92 Å². The second-order valence-corrected chi connectivity index (χ2v) is 9.06. The summed E-state index contributed by atoms with van der Waals surface area (Å²) in [5.41, 5.74) is 2.90. The average molecular weight is 465 g/mol. The third-order valence-corrected chi connectivity index (χ3v) is 6.73. The summed E-state index contributed by atoms with van der Waals surface area (Å²) in [6.45, 7) is 1.70. The first-order valence-electron chi connectivity index (χ1n) is 10.7. The van der Waals surface area contributed by atoms with Gasteiger partial charge in [-0.25, -0.2) is 9.59 Å². The highest BCUT2D eigenvalue weighted by molar-refractivity contribution is 7.17. The van der Waals surface area contributed by atoms with E-state index in [0.29, 0.717) is 16.5 Å². The van der Waals surface area contributed by atoms with Gasteiger partial charge in [-0.3, -0.25) is 9.78 Å². The highest BCUT2D eigenvalue weighted by atomic mass is 32.1. The van der Waals surface area contributed by atoms with Crippen molar-refractivity contribution in [1.82, 2.24) is 4.98 Å². The molecular weight excluding hydrogens is 440 g/mol. The molecule has 1 unspecified atom stereocenters. The van der Waals surface area contributed by atoms with E-state index in [2.05, 4.69) is 17.2 Å². The summed E-state index contributed by atoms with van der Waals surface area (Å²) in [6, 6.07) is 9.45. The molecule has 0 radical (unpaired) electrons. The fourth-order valence-corrected chi connectivity index (χ4v) is 5.34. The molecule has 2 heterocycles. The number of nitrogens with one attached hydrogen (secondary N) is 1. The number of carbonyl (C=O) groups excluding carboxylic acids is 3. The fourth-order valence-electron chi connectivity index (χ4n) is 3.92. The summed E-state index contributed by atoms with van der Waals surface area (Å²) in [4.78, 5) is 42.4. The first-order valence-corrected chi connectivity index (χ1v) is 11.5. The van der Waals surface area contributed by atoms with Crippen molar-refractivity contribution < 1.29 is 23.9 Å². The van der Waals surface area contributed by atoms with Crippen molar-refractivity contribution in [2.45, 2.75) is 26.2 Å². The van der Waals surface area contributed by atoms with E-state index in [1.54, 1.807) is 12.3 Å². The molecule has 2 aromatic heterocycles. The predicted octanol–water partition coefficient (Wildman–Crippen LogP) is 4.40. The SMILES string of the molecule is COC(=O)c1c(NC(=O)COC(=O)/C=C/c2cccc3cccnc23)sc2c1CCC(C)C2. The minimum atomic E-state index is -0.648. The van der Waals surface area contributed by atoms with Gasteiger partial charge in [0.05, 0.1) is 18.2 Å². The lowest BCUT2D eigenvalue weighted by Gasteiger charge is -2.18. The van der Waals surface area contributed by atoms with Crippen LogP contribution in [0.2, 0.25) is 0 Å². The molecule has 8 heteroatoms. The van der Waals surface area contributed by atoms with Gasteiger partial charge in [0, 0.05) is 28.1 Å². The number of amides is 1. The van der Waals surface area contributed by atoms with Crippen molar-refractivity contribution in [3.8, 4) is 0 Å². The van der Waals surface area contributed by atoms with Gasteiger partial charge in [-0.15, -0.1) is 11.3 Å². The highest BCUT2D eigenvalue weighted by Gasteiger charge is 2.29. The van der Waals surface area contributed by atoms with Crippen LogP contribution in [0, 0.1) is 5.92 Å². The summed E-state index contributed by atoms with van der Waals surface area (Å²) in [6.07, 6.45) is 7.19. The molecule has 0 aliphatic heterocycles. The monoisotopic (exact) mass is 464 g/mol. The van der Waals surface area contributed by atoms with E-state index < -0.39 is 24.5 Å². The Morgan fingerprint density at radius 3 is 2.88 bits per heavy atom. The Balaban J connectivity index is 1.40. The molecule has 1 aliphatic carbocycles. The van der Waals surface area contributed by atoms with Crippen LogP contribution in [0.3, 0.4) is 0 Å². The van der Waals surface area contributed by atoms with Crippen LogP contribution >= 0.6 is 11.3 Å². The molecule has 1 aliphatic rings. The zero-order valence-corrected chi connectivity index (χ0v) is 19.2. The van der Waals surface area contributed by atoms with Crippen LogP contribution in [0.1, 0.15) is 39.7 Å². The van der Waals surface area contributed by atoms with Crippen LogP contribution in [-0.2, 0) is 31.9 Å². The van der Waals surface area contributed by atoms with E-state index >= 15 is 0 Å². The molecule has 4 rings (SSSR count). The summed E-state index contributed by atoms with van der Waals surface area (Å²) in [5.74, 6) is -1.11. The first-order chi connectivity index (χ1) is 16.0. The minimum absolute atomic E-state index is 0.410. The number of benzene rings is 1. The summed E-state index contributed by atoms with van der Waals surface area (Å²) < 4.78 is 10.0. The van der Waals surface area contributed by atoms with Crippen molar-refractivity contribution in [2.75, 3.05) is 19.0 Å². The molecule has 1 atom stereocenters. The van der Waals surface area contributed by atoms with Crippen LogP contribution in [-0.4, -0.2) is 36.5 Å². The lowest BCUT2D eigenvalue weighted by molar-refractivity contribution is -0.142. The summed E-state index contributed by atoms with van der Waals surface area (Å²) in [7, 11) is 1.32. The number of anilines is 1. The second-order valence-electron chi connectivity index (χ2n) is 7.96. The van der Waals surface area contributed by atoms with Gasteiger partial charge in [-0.05, 0) is 42.9 Å². The van der Waals surface area contributed by atoms with Crippen LogP contribution in [0.15, 0.2) is 42.6 Å². The molecule has 3 aromatic rings. The Kier molecular flexibility index (Phi) is 6.84. The van der Waals surface area contributed by atoms with E-state index in [-0.39, 0.29) is 0 Å². The zero-order valence-electron chi connectivity index (χ0n) is 18.4. The Morgan fingerprint density at radius 2 is 2.06 bits per heavy atom. The number of fused-ring (bicyclic) bond motifs is 2. The lowest BCUT2D eigenvalue weighted by atomic mass is 9.88. The molecular formula is C25H24N2O5S. The van der Waals surface area contributed by atoms with E-state index in [0.717, 1.165) is 46.2 Å². The smallest absolute Gasteiger partial charge is 0.341 e. The number of thiophene rings is 1. The lowest BCUT2D eigenvalue weighted by Crippen LogP contribution is -2.21. The Labute approximate surface area is 195 Å². The largest absolute Gasteiger partial charge is 0.465 e. The molecule has 0 spiro atoms. The highest BCUT2D eigenvalue weighted by Crippen LogP contribution is 2.40. The molecule has 170 valence electrons. The van der Waals surface area contributed by atoms with Gasteiger partial charge in [0.2, 0.25) is 0 Å². The zero-order chi connectivity index (χ0) is 23.4. The Bertz CT molecular complexity index is 1240. The van der Waals surface area contributed by atoms with E-state index in [1.165, 1.54) is 24.5 Å². The topological polar surface area (TPSA) is 94.6 Å². The number of pyridine rings is 1. The molecule has 0 saturated carbocycles. The number of methoxy groups -OCH3 is 1. The van der Waals surface area contributed by atoms with E-state index in [1.807, 2.05) is 30.3 Å². The molecule has 33 heavy (non-hydrogen) atoms. The quantitative estimate of drug-likeness (QED) is 0.429. The number of hydrogen-bond acceptors (Lipinski definition) is 7. The van der Waals surface area contributed by atoms with E-state index in [9.17, 15) is 14.4 Å². The maximum absolute atomic E-state index is 12.4. The number of rotatable bonds is 6. The summed E-state index contributed by atoms with van der Waals surface area (Å²) >= 11 is 1.39. The Morgan fingerprint density at radius 1 is 1.24 bits per heavy atom. The van der Waals surface area contributed by atoms with Crippen LogP contribution < -0.4 is 5.32 Å². The van der Waals surface area contributed by atoms with Crippen molar-refractivity contribution in [1.29, 1.82) is 0 Å². The van der Waals surface area contributed by atoms with Gasteiger partial charge in [-0.2, -0.15) is 0 Å². The maximum atomic E-state index is 12.4. The first kappa shape index (κ1) is 22.7. The normalized spacial score (nSPS) is 15.3. The van der Waals surface area contributed by atoms with Gasteiger partial charge in [0.15, 0.2) is 6.61 Å². The summed E-state index contributed by atoms with van der Waals surface area (Å²) in [5, 5.41) is 4.12. The fraction of sp³-hybridized carbons (Fsp3) is 0.280. The number of hydrogen-bond donors (Lipinski definition) is 1. The van der Waals surface area contributed by atoms with Crippen LogP contribution in [0.25, 0.3) is 17.0 Å². The third kappa shape index (κ3) is 5.12. The van der Waals surface area contributed by atoms with Gasteiger partial charge in [-0.1, -0.05) is 31.2 Å². The number of aromatic nitrogens is 1. The van der Waals surface area contributed by atoms with Gasteiger partial charge in [0.25, 0.3) is 5.91 Å². The molecule has 1 aromatic carbocycles. The molecule has 0 bridgehead atoms. The number of ether oxygens (including phenoxy) is 2. The van der Waals surface area contributed by atoms with Crippen LogP contribution in [0.5, 0.6) is 0 Å². The second kappa shape index (κ2) is 9.95. The Hall–Kier alpha value is -3.52. The molecule has 7 nitrogen and oxygen atoms in total. The predicted molar refractivity (Wildman–Crippen MR) is 127 cm³/mol. The molecule has 0 saturated heterocycles. The number of carbonyl (C=O) groups is 3. The number of nitrogens with zero attached hydrogens (tertiary/aromatic N) is 1. The number of esters is 2. The van der Waals surface area contributed by atoms with Crippen molar-refractivity contribution in [3.63, 3.8) is 0 Å². The van der Waals surface area contributed by atoms with Gasteiger partial charge in [0.1, 0.15) is 5.00 Å². The standard InChI is InChI=1S/C25H24N2O5S/c1-15-8-10-18-19(13-15)33-24(22(18)25(30)31-2)27-20(28)14-32-21(29)11-9-17-6-3-5-16-7-4-12-26-23(16)17/h3-7,9,11-12,15H,8,10,13-14H2,1-2H3,(H,27,28)/b11-9+.